The molecule has 5 atom stereocenters. The zero-order valence-electron chi connectivity index (χ0n) is 25.1. The molecule has 5 unspecified atom stereocenters. The number of phenols is 1. The highest BCUT2D eigenvalue weighted by molar-refractivity contribution is 5.88. The second kappa shape index (κ2) is 10.1. The van der Waals surface area contributed by atoms with Crippen molar-refractivity contribution in [3.05, 3.63) is 80.8 Å². The summed E-state index contributed by atoms with van der Waals surface area (Å²) in [5.41, 5.74) is 12.8. The second-order valence-corrected chi connectivity index (χ2v) is 12.9. The smallest absolute Gasteiger partial charge is 0.341 e. The van der Waals surface area contributed by atoms with Gasteiger partial charge in [0.15, 0.2) is 11.0 Å². The molecule has 0 bridgehead atoms. The number of carbonyl (C=O) groups excluding carboxylic acids is 1. The number of aromatic hydroxyl groups is 1. The van der Waals surface area contributed by atoms with Crippen LogP contribution in [-0.4, -0.2) is 47.1 Å². The molecule has 0 saturated carbocycles. The van der Waals surface area contributed by atoms with Crippen molar-refractivity contribution >= 4 is 16.9 Å². The number of nitrogens with one attached hydrogen (secondary N) is 2. The Balaban J connectivity index is 1.10. The van der Waals surface area contributed by atoms with Crippen molar-refractivity contribution in [1.29, 1.82) is 0 Å². The first kappa shape index (κ1) is 28.4. The van der Waals surface area contributed by atoms with Crippen LogP contribution in [0.15, 0.2) is 68.4 Å². The van der Waals surface area contributed by atoms with E-state index in [2.05, 4.69) is 22.8 Å². The summed E-state index contributed by atoms with van der Waals surface area (Å²) in [7, 11) is 0. The molecule has 0 amide bonds. The fourth-order valence-corrected chi connectivity index (χ4v) is 7.32. The van der Waals surface area contributed by atoms with Crippen LogP contribution >= 0.6 is 0 Å². The average molecular weight is 603 g/mol. The van der Waals surface area contributed by atoms with Gasteiger partial charge >= 0.3 is 5.97 Å². The average Bonchev–Trinajstić information content (AvgIpc) is 3.66. The highest BCUT2D eigenvalue weighted by atomic mass is 16.7. The minimum atomic E-state index is -1.01. The molecule has 0 aliphatic carbocycles. The van der Waals surface area contributed by atoms with Crippen LogP contribution in [-0.2, 0) is 14.3 Å². The number of fused-ring (bicyclic) bond motifs is 4. The molecule has 5 aliphatic rings. The van der Waals surface area contributed by atoms with Gasteiger partial charge < -0.3 is 45.8 Å². The minimum Gasteiger partial charge on any atom is -0.507 e. The molecule has 2 fully saturated rings. The summed E-state index contributed by atoms with van der Waals surface area (Å²) in [4.78, 5) is 26.6. The van der Waals surface area contributed by atoms with E-state index in [0.717, 1.165) is 11.1 Å². The summed E-state index contributed by atoms with van der Waals surface area (Å²) in [5, 5.41) is 17.8. The Morgan fingerprint density at radius 3 is 2.75 bits per heavy atom. The van der Waals surface area contributed by atoms with E-state index in [1.54, 1.807) is 13.0 Å². The number of ether oxygens (including phenoxy) is 3. The Morgan fingerprint density at radius 2 is 1.95 bits per heavy atom. The molecule has 44 heavy (non-hydrogen) atoms. The predicted octanol–water partition coefficient (Wildman–Crippen LogP) is 3.10. The molecule has 7 rings (SSSR count). The highest BCUT2D eigenvalue weighted by Crippen LogP contribution is 2.54. The van der Waals surface area contributed by atoms with Gasteiger partial charge in [-0.3, -0.25) is 4.79 Å². The van der Waals surface area contributed by atoms with Crippen molar-refractivity contribution in [3.63, 3.8) is 0 Å². The zero-order chi connectivity index (χ0) is 31.0. The summed E-state index contributed by atoms with van der Waals surface area (Å²) < 4.78 is 24.4. The van der Waals surface area contributed by atoms with Crippen LogP contribution in [0.1, 0.15) is 63.2 Å². The number of aryl methyl sites for hydroxylation is 1. The van der Waals surface area contributed by atoms with Crippen LogP contribution in [0.4, 0.5) is 0 Å². The van der Waals surface area contributed by atoms with Gasteiger partial charge in [0.05, 0.1) is 23.8 Å². The second-order valence-electron chi connectivity index (χ2n) is 12.9. The maximum absolute atomic E-state index is 13.8. The van der Waals surface area contributed by atoms with Crippen molar-refractivity contribution in [1.82, 2.24) is 10.6 Å². The summed E-state index contributed by atoms with van der Waals surface area (Å²) in [6.07, 6.45) is 10.1. The molecule has 232 valence electrons. The third-order valence-corrected chi connectivity index (χ3v) is 9.43. The van der Waals surface area contributed by atoms with Crippen molar-refractivity contribution in [2.24, 2.45) is 11.5 Å². The molecule has 2 saturated heterocycles. The lowest BCUT2D eigenvalue weighted by Crippen LogP contribution is -2.53. The number of phenolic OH excluding ortho intramolecular Hbond substituents is 1. The molecular formula is C33H38N4O7. The summed E-state index contributed by atoms with van der Waals surface area (Å²) in [6, 6.07) is 2.93. The van der Waals surface area contributed by atoms with E-state index in [1.165, 1.54) is 6.07 Å². The quantitative estimate of drug-likeness (QED) is 0.257. The lowest BCUT2D eigenvalue weighted by Gasteiger charge is -2.45. The Morgan fingerprint density at radius 1 is 1.14 bits per heavy atom. The first-order valence-electron chi connectivity index (χ1n) is 15.2. The third-order valence-electron chi connectivity index (χ3n) is 9.43. The molecule has 11 nitrogen and oxygen atoms in total. The minimum absolute atomic E-state index is 0.0895. The van der Waals surface area contributed by atoms with E-state index in [4.69, 9.17) is 30.1 Å². The maximum Gasteiger partial charge on any atom is 0.341 e. The van der Waals surface area contributed by atoms with Crippen molar-refractivity contribution in [2.45, 2.75) is 88.2 Å². The van der Waals surface area contributed by atoms with E-state index in [-0.39, 0.29) is 40.2 Å². The van der Waals surface area contributed by atoms with Gasteiger partial charge in [0, 0.05) is 30.2 Å². The molecule has 11 heteroatoms. The molecule has 1 aromatic heterocycles. The van der Waals surface area contributed by atoms with Gasteiger partial charge in [0.2, 0.25) is 0 Å². The standard InChI is InChI=1S/C33H38N4O7/c1-16-11-21(38)28-22(41-16)15-23-27(29(28)39)19-5-4-9-33(31(40)42-30(19)32(2,3)43-23)24(44-33)7-6-17-12-20(37-26(35)13-17)18-8-10-36-25(34)14-18/h8,11-15,19-20,24,30,36-37,39H,4-7,9-10,34-35H2,1-3H3. The SMILES string of the molecule is Cc1cc(=O)c2c(O)c3c(cc2o1)OC(C)(C)C1OC(=O)C2(CCCC31)OC2CCC1=CC(C2=CCNC(N)=C2)NC(N)=C1. The number of esters is 1. The van der Waals surface area contributed by atoms with Gasteiger partial charge in [-0.1, -0.05) is 12.2 Å². The van der Waals surface area contributed by atoms with Crippen LogP contribution in [0.3, 0.4) is 0 Å². The number of dihydropyridines is 2. The van der Waals surface area contributed by atoms with E-state index in [9.17, 15) is 14.7 Å². The van der Waals surface area contributed by atoms with E-state index in [0.29, 0.717) is 67.4 Å². The monoisotopic (exact) mass is 602 g/mol. The first-order valence-corrected chi connectivity index (χ1v) is 15.2. The first-order chi connectivity index (χ1) is 20.9. The van der Waals surface area contributed by atoms with E-state index in [1.807, 2.05) is 26.0 Å². The van der Waals surface area contributed by atoms with Crippen molar-refractivity contribution in [3.8, 4) is 11.5 Å². The number of carbonyl (C=O) groups is 1. The summed E-state index contributed by atoms with van der Waals surface area (Å²) in [5.74, 6) is 1.10. The molecule has 1 aromatic carbocycles. The summed E-state index contributed by atoms with van der Waals surface area (Å²) in [6.45, 7) is 6.07. The van der Waals surface area contributed by atoms with Gasteiger partial charge in [0.1, 0.15) is 39.9 Å². The van der Waals surface area contributed by atoms with Crippen LogP contribution in [0.2, 0.25) is 0 Å². The molecule has 7 N–H and O–H groups in total. The van der Waals surface area contributed by atoms with E-state index >= 15 is 0 Å². The number of benzene rings is 1. The lowest BCUT2D eigenvalue weighted by molar-refractivity contribution is -0.173. The number of allylic oxidation sites excluding steroid dienone is 2. The third kappa shape index (κ3) is 4.70. The lowest BCUT2D eigenvalue weighted by atomic mass is 9.76. The largest absolute Gasteiger partial charge is 0.507 e. The maximum atomic E-state index is 13.8. The Labute approximate surface area is 254 Å². The topological polar surface area (TPSA) is 175 Å². The number of epoxide rings is 1. The fraction of sp³-hybridized carbons (Fsp3) is 0.455. The van der Waals surface area contributed by atoms with Gasteiger partial charge in [0.25, 0.3) is 0 Å². The Hall–Kier alpha value is -4.38. The van der Waals surface area contributed by atoms with Crippen LogP contribution in [0.25, 0.3) is 11.0 Å². The molecule has 6 heterocycles. The molecule has 0 radical (unpaired) electrons. The molecule has 2 aromatic rings. The van der Waals surface area contributed by atoms with Gasteiger partial charge in [-0.25, -0.2) is 4.79 Å². The fourth-order valence-electron chi connectivity index (χ4n) is 7.32. The van der Waals surface area contributed by atoms with Gasteiger partial charge in [-0.15, -0.1) is 0 Å². The van der Waals surface area contributed by atoms with E-state index < -0.39 is 23.3 Å². The van der Waals surface area contributed by atoms with Crippen LogP contribution in [0, 0.1) is 6.92 Å². The van der Waals surface area contributed by atoms with Crippen molar-refractivity contribution in [2.75, 3.05) is 6.54 Å². The van der Waals surface area contributed by atoms with Crippen LogP contribution in [0.5, 0.6) is 11.5 Å². The molecule has 5 aliphatic heterocycles. The Kier molecular flexibility index (Phi) is 6.51. The number of hydrogen-bond donors (Lipinski definition) is 5. The van der Waals surface area contributed by atoms with Crippen LogP contribution < -0.4 is 32.3 Å². The van der Waals surface area contributed by atoms with Gasteiger partial charge in [-0.2, -0.15) is 0 Å². The Bertz CT molecular complexity index is 1750. The predicted molar refractivity (Wildman–Crippen MR) is 163 cm³/mol. The summed E-state index contributed by atoms with van der Waals surface area (Å²) >= 11 is 0. The zero-order valence-corrected chi connectivity index (χ0v) is 25.1. The normalized spacial score (nSPS) is 30.5. The number of nitrogens with two attached hydrogens (primary N) is 2. The highest BCUT2D eigenvalue weighted by Gasteiger charge is 2.65. The van der Waals surface area contributed by atoms with Crippen molar-refractivity contribution < 1.29 is 28.5 Å². The molecule has 1 spiro atoms. The number of hydrogen-bond acceptors (Lipinski definition) is 11. The van der Waals surface area contributed by atoms with Gasteiger partial charge in [-0.05, 0) is 76.2 Å². The molecular weight excluding hydrogens is 564 g/mol. The number of rotatable bonds is 4.